The Morgan fingerprint density at radius 2 is 1.70 bits per heavy atom. The van der Waals surface area contributed by atoms with E-state index in [4.69, 9.17) is 0 Å². The average molecular weight is 274 g/mol. The van der Waals surface area contributed by atoms with Gasteiger partial charge in [-0.1, -0.05) is 6.92 Å². The van der Waals surface area contributed by atoms with Crippen LogP contribution in [-0.2, 0) is 0 Å². The Bertz CT molecular complexity index is 459. The van der Waals surface area contributed by atoms with Crippen molar-refractivity contribution in [2.45, 2.75) is 32.6 Å². The quantitative estimate of drug-likeness (QED) is 0.827. The summed E-state index contributed by atoms with van der Waals surface area (Å²) in [6.07, 6.45) is 7.96. The monoisotopic (exact) mass is 274 g/mol. The second-order valence-electron chi connectivity index (χ2n) is 5.94. The highest BCUT2D eigenvalue weighted by atomic mass is 16.2. The van der Waals surface area contributed by atoms with Gasteiger partial charge in [0.05, 0.1) is 5.56 Å². The van der Waals surface area contributed by atoms with Gasteiger partial charge in [0.2, 0.25) is 5.95 Å². The number of hydrogen-bond donors (Lipinski definition) is 0. The van der Waals surface area contributed by atoms with Crippen molar-refractivity contribution in [2.75, 3.05) is 31.1 Å². The molecule has 2 saturated heterocycles. The second-order valence-corrected chi connectivity index (χ2v) is 5.94. The zero-order valence-electron chi connectivity index (χ0n) is 12.1. The standard InChI is InChI=1S/C15H22N4O/c1-12-4-8-18(9-5-12)14(20)13-10-16-15(17-11-13)19-6-2-3-7-19/h10-12H,2-9H2,1H3. The lowest BCUT2D eigenvalue weighted by Gasteiger charge is -2.30. The molecule has 1 amide bonds. The van der Waals surface area contributed by atoms with Crippen molar-refractivity contribution in [3.05, 3.63) is 18.0 Å². The summed E-state index contributed by atoms with van der Waals surface area (Å²) in [7, 11) is 0. The van der Waals surface area contributed by atoms with E-state index in [2.05, 4.69) is 21.8 Å². The topological polar surface area (TPSA) is 49.3 Å². The molecule has 0 atom stereocenters. The first-order valence-corrected chi connectivity index (χ1v) is 7.60. The first-order valence-electron chi connectivity index (χ1n) is 7.60. The van der Waals surface area contributed by atoms with E-state index >= 15 is 0 Å². The minimum absolute atomic E-state index is 0.0740. The van der Waals surface area contributed by atoms with Crippen molar-refractivity contribution in [1.82, 2.24) is 14.9 Å². The molecule has 5 heteroatoms. The molecular formula is C15H22N4O. The minimum Gasteiger partial charge on any atom is -0.341 e. The summed E-state index contributed by atoms with van der Waals surface area (Å²) in [5, 5.41) is 0. The number of amides is 1. The van der Waals surface area contributed by atoms with E-state index in [-0.39, 0.29) is 5.91 Å². The van der Waals surface area contributed by atoms with Crippen LogP contribution < -0.4 is 4.90 Å². The van der Waals surface area contributed by atoms with Crippen molar-refractivity contribution in [3.8, 4) is 0 Å². The maximum Gasteiger partial charge on any atom is 0.256 e. The van der Waals surface area contributed by atoms with Crippen LogP contribution in [0.25, 0.3) is 0 Å². The molecule has 0 aliphatic carbocycles. The third-order valence-corrected chi connectivity index (χ3v) is 4.34. The molecule has 0 saturated carbocycles. The van der Waals surface area contributed by atoms with Gasteiger partial charge in [-0.05, 0) is 31.6 Å². The lowest BCUT2D eigenvalue weighted by molar-refractivity contribution is 0.0696. The fraction of sp³-hybridized carbons (Fsp3) is 0.667. The van der Waals surface area contributed by atoms with E-state index < -0.39 is 0 Å². The Morgan fingerprint density at radius 1 is 1.10 bits per heavy atom. The fourth-order valence-electron chi connectivity index (χ4n) is 2.91. The van der Waals surface area contributed by atoms with E-state index in [9.17, 15) is 4.79 Å². The highest BCUT2D eigenvalue weighted by Gasteiger charge is 2.22. The molecule has 5 nitrogen and oxygen atoms in total. The molecule has 20 heavy (non-hydrogen) atoms. The van der Waals surface area contributed by atoms with E-state index in [1.54, 1.807) is 12.4 Å². The van der Waals surface area contributed by atoms with Gasteiger partial charge in [-0.25, -0.2) is 9.97 Å². The summed E-state index contributed by atoms with van der Waals surface area (Å²) in [6.45, 7) is 6.01. The first-order chi connectivity index (χ1) is 9.74. The van der Waals surface area contributed by atoms with Crippen LogP contribution in [-0.4, -0.2) is 47.0 Å². The molecule has 0 radical (unpaired) electrons. The number of rotatable bonds is 2. The molecule has 0 N–H and O–H groups in total. The molecular weight excluding hydrogens is 252 g/mol. The largest absolute Gasteiger partial charge is 0.341 e. The Kier molecular flexibility index (Phi) is 3.85. The predicted molar refractivity (Wildman–Crippen MR) is 77.8 cm³/mol. The van der Waals surface area contributed by atoms with Gasteiger partial charge >= 0.3 is 0 Å². The molecule has 0 bridgehead atoms. The smallest absolute Gasteiger partial charge is 0.256 e. The van der Waals surface area contributed by atoms with Crippen LogP contribution in [0.3, 0.4) is 0 Å². The molecule has 1 aromatic heterocycles. The van der Waals surface area contributed by atoms with Gasteiger partial charge in [0.1, 0.15) is 0 Å². The van der Waals surface area contributed by atoms with E-state index in [0.717, 1.165) is 50.9 Å². The third-order valence-electron chi connectivity index (χ3n) is 4.34. The number of carbonyl (C=O) groups is 1. The Morgan fingerprint density at radius 3 is 2.30 bits per heavy atom. The van der Waals surface area contributed by atoms with Crippen LogP contribution in [0, 0.1) is 5.92 Å². The Hall–Kier alpha value is -1.65. The van der Waals surface area contributed by atoms with Gasteiger partial charge < -0.3 is 9.80 Å². The number of piperidine rings is 1. The van der Waals surface area contributed by atoms with Crippen molar-refractivity contribution in [3.63, 3.8) is 0 Å². The number of likely N-dealkylation sites (tertiary alicyclic amines) is 1. The van der Waals surface area contributed by atoms with Gasteiger partial charge in [-0.15, -0.1) is 0 Å². The van der Waals surface area contributed by atoms with Crippen LogP contribution >= 0.6 is 0 Å². The first kappa shape index (κ1) is 13.3. The third kappa shape index (κ3) is 2.76. The van der Waals surface area contributed by atoms with Crippen LogP contribution in [0.5, 0.6) is 0 Å². The number of aromatic nitrogens is 2. The number of nitrogens with zero attached hydrogens (tertiary/aromatic N) is 4. The maximum atomic E-state index is 12.4. The molecule has 0 unspecified atom stereocenters. The van der Waals surface area contributed by atoms with E-state index in [1.807, 2.05) is 4.90 Å². The summed E-state index contributed by atoms with van der Waals surface area (Å²) in [4.78, 5) is 25.2. The highest BCUT2D eigenvalue weighted by Crippen LogP contribution is 2.19. The van der Waals surface area contributed by atoms with Crippen LogP contribution in [0.4, 0.5) is 5.95 Å². The van der Waals surface area contributed by atoms with Gasteiger partial charge in [0.15, 0.2) is 0 Å². The van der Waals surface area contributed by atoms with E-state index in [0.29, 0.717) is 5.56 Å². The predicted octanol–water partition coefficient (Wildman–Crippen LogP) is 1.95. The molecule has 1 aromatic rings. The van der Waals surface area contributed by atoms with Crippen molar-refractivity contribution >= 4 is 11.9 Å². The van der Waals surface area contributed by atoms with Crippen LogP contribution in [0.15, 0.2) is 12.4 Å². The Balaban J connectivity index is 1.66. The summed E-state index contributed by atoms with van der Waals surface area (Å²) in [6, 6.07) is 0. The second kappa shape index (κ2) is 5.77. The normalized spacial score (nSPS) is 20.4. The van der Waals surface area contributed by atoms with Crippen molar-refractivity contribution < 1.29 is 4.79 Å². The lowest BCUT2D eigenvalue weighted by atomic mass is 9.99. The lowest BCUT2D eigenvalue weighted by Crippen LogP contribution is -2.38. The molecule has 2 aliphatic rings. The van der Waals surface area contributed by atoms with Gasteiger partial charge in [-0.3, -0.25) is 4.79 Å². The summed E-state index contributed by atoms with van der Waals surface area (Å²) < 4.78 is 0. The summed E-state index contributed by atoms with van der Waals surface area (Å²) in [5.41, 5.74) is 0.613. The van der Waals surface area contributed by atoms with Crippen LogP contribution in [0.1, 0.15) is 43.0 Å². The van der Waals surface area contributed by atoms with Gasteiger partial charge in [-0.2, -0.15) is 0 Å². The molecule has 3 heterocycles. The number of carbonyl (C=O) groups excluding carboxylic acids is 1. The average Bonchev–Trinajstić information content (AvgIpc) is 3.02. The maximum absolute atomic E-state index is 12.4. The molecule has 2 fully saturated rings. The van der Waals surface area contributed by atoms with Gasteiger partial charge in [0, 0.05) is 38.6 Å². The number of hydrogen-bond acceptors (Lipinski definition) is 4. The van der Waals surface area contributed by atoms with Crippen molar-refractivity contribution in [1.29, 1.82) is 0 Å². The highest BCUT2D eigenvalue weighted by molar-refractivity contribution is 5.93. The fourth-order valence-corrected chi connectivity index (χ4v) is 2.91. The molecule has 3 rings (SSSR count). The summed E-state index contributed by atoms with van der Waals surface area (Å²) >= 11 is 0. The molecule has 0 spiro atoms. The molecule has 0 aromatic carbocycles. The van der Waals surface area contributed by atoms with Crippen molar-refractivity contribution in [2.24, 2.45) is 5.92 Å². The zero-order valence-corrected chi connectivity index (χ0v) is 12.1. The number of anilines is 1. The van der Waals surface area contributed by atoms with Gasteiger partial charge in [0.25, 0.3) is 5.91 Å². The molecule has 108 valence electrons. The zero-order chi connectivity index (χ0) is 13.9. The summed E-state index contributed by atoms with van der Waals surface area (Å²) in [5.74, 6) is 1.56. The molecule has 2 aliphatic heterocycles. The van der Waals surface area contributed by atoms with Crippen LogP contribution in [0.2, 0.25) is 0 Å². The SMILES string of the molecule is CC1CCN(C(=O)c2cnc(N3CCCC3)nc2)CC1. The Labute approximate surface area is 120 Å². The minimum atomic E-state index is 0.0740. The van der Waals surface area contributed by atoms with E-state index in [1.165, 1.54) is 12.8 Å².